The third-order valence-corrected chi connectivity index (χ3v) is 6.00. The molecule has 2 atom stereocenters. The van der Waals surface area contributed by atoms with Crippen LogP contribution in [-0.2, 0) is 31.3 Å². The number of benzene rings is 1. The van der Waals surface area contributed by atoms with E-state index in [1.807, 2.05) is 24.2 Å². The Labute approximate surface area is 171 Å². The lowest BCUT2D eigenvalue weighted by Gasteiger charge is -2.20. The highest BCUT2D eigenvalue weighted by molar-refractivity contribution is 5.94. The Balaban J connectivity index is 1.24. The van der Waals surface area contributed by atoms with E-state index in [-0.39, 0.29) is 18.0 Å². The summed E-state index contributed by atoms with van der Waals surface area (Å²) in [6.45, 7) is 1.60. The zero-order chi connectivity index (χ0) is 20.4. The monoisotopic (exact) mass is 410 g/mol. The van der Waals surface area contributed by atoms with Gasteiger partial charge in [-0.05, 0) is 18.1 Å². The van der Waals surface area contributed by atoms with Crippen LogP contribution in [-0.4, -0.2) is 39.7 Å². The molecule has 3 aliphatic rings. The molecule has 0 saturated carbocycles. The fourth-order valence-corrected chi connectivity index (χ4v) is 4.66. The Kier molecular flexibility index (Phi) is 3.59. The molecule has 10 heteroatoms. The van der Waals surface area contributed by atoms with E-state index in [4.69, 9.17) is 9.26 Å². The van der Waals surface area contributed by atoms with Crippen LogP contribution in [0.3, 0.4) is 0 Å². The minimum atomic E-state index is -0.448. The van der Waals surface area contributed by atoms with Crippen molar-refractivity contribution in [3.05, 3.63) is 53.3 Å². The van der Waals surface area contributed by atoms with Crippen molar-refractivity contribution in [3.63, 3.8) is 0 Å². The van der Waals surface area contributed by atoms with Gasteiger partial charge in [-0.2, -0.15) is 5.10 Å². The molecule has 1 fully saturated rings. The highest BCUT2D eigenvalue weighted by Gasteiger charge is 2.48. The van der Waals surface area contributed by atoms with Gasteiger partial charge in [-0.15, -0.1) is 0 Å². The van der Waals surface area contributed by atoms with Crippen LogP contribution in [0, 0.1) is 5.82 Å². The number of rotatable bonds is 4. The number of hydrogen-bond acceptors (Lipinski definition) is 7. The number of hydrogen-bond donors (Lipinski definition) is 1. The number of amides is 1. The molecule has 0 spiro atoms. The van der Waals surface area contributed by atoms with Gasteiger partial charge in [0.1, 0.15) is 18.2 Å². The lowest BCUT2D eigenvalue weighted by molar-refractivity contribution is 0.137. The summed E-state index contributed by atoms with van der Waals surface area (Å²) < 4.78 is 27.2. The van der Waals surface area contributed by atoms with Crippen molar-refractivity contribution < 1.29 is 18.4 Å². The second-order valence-electron chi connectivity index (χ2n) is 7.89. The smallest absolute Gasteiger partial charge is 0.415 e. The van der Waals surface area contributed by atoms with Crippen LogP contribution < -0.4 is 15.1 Å². The van der Waals surface area contributed by atoms with Gasteiger partial charge in [0.25, 0.3) is 0 Å². The number of carbonyl (C=O) groups excluding carboxylic acids is 1. The molecule has 3 aromatic rings. The largest absolute Gasteiger partial charge is 0.442 e. The Morgan fingerprint density at radius 1 is 1.27 bits per heavy atom. The lowest BCUT2D eigenvalue weighted by Crippen LogP contribution is -2.36. The van der Waals surface area contributed by atoms with E-state index in [1.54, 1.807) is 15.6 Å². The molecule has 1 N–H and O–H groups in total. The van der Waals surface area contributed by atoms with Crippen molar-refractivity contribution in [3.8, 4) is 0 Å². The fourth-order valence-electron chi connectivity index (χ4n) is 4.66. The van der Waals surface area contributed by atoms with Crippen LogP contribution in [0.5, 0.6) is 0 Å². The lowest BCUT2D eigenvalue weighted by atomic mass is 10.0. The predicted molar refractivity (Wildman–Crippen MR) is 105 cm³/mol. The molecule has 5 heterocycles. The number of carbonyl (C=O) groups is 1. The summed E-state index contributed by atoms with van der Waals surface area (Å²) in [7, 11) is 1.89. The van der Waals surface area contributed by atoms with E-state index in [9.17, 15) is 4.79 Å². The number of halogens is 1. The summed E-state index contributed by atoms with van der Waals surface area (Å²) >= 11 is 0. The van der Waals surface area contributed by atoms with E-state index in [2.05, 4.69) is 15.6 Å². The molecule has 9 nitrogen and oxygen atoms in total. The van der Waals surface area contributed by atoms with Gasteiger partial charge >= 0.3 is 6.09 Å². The third kappa shape index (κ3) is 2.56. The van der Waals surface area contributed by atoms with E-state index in [1.165, 1.54) is 12.3 Å². The Morgan fingerprint density at radius 2 is 2.17 bits per heavy atom. The normalized spacial score (nSPS) is 21.6. The number of anilines is 3. The predicted octanol–water partition coefficient (Wildman–Crippen LogP) is 2.43. The first-order chi connectivity index (χ1) is 14.6. The topological polar surface area (TPSA) is 88.7 Å². The third-order valence-electron chi connectivity index (χ3n) is 6.00. The van der Waals surface area contributed by atoms with E-state index in [0.717, 1.165) is 16.8 Å². The van der Waals surface area contributed by atoms with Crippen LogP contribution in [0.2, 0.25) is 0 Å². The molecule has 1 amide bonds. The zero-order valence-electron chi connectivity index (χ0n) is 16.2. The first kappa shape index (κ1) is 17.3. The molecule has 6 rings (SSSR count). The summed E-state index contributed by atoms with van der Waals surface area (Å²) in [6.07, 6.45) is 3.24. The van der Waals surface area contributed by atoms with Crippen molar-refractivity contribution in [1.29, 1.82) is 0 Å². The average Bonchev–Trinajstić information content (AvgIpc) is 3.48. The van der Waals surface area contributed by atoms with Gasteiger partial charge in [0.15, 0.2) is 5.82 Å². The van der Waals surface area contributed by atoms with E-state index < -0.39 is 6.09 Å². The SMILES string of the molecule is Cn1cc2c(n1)CN(c1cc3c(cc1F)N1C(=O)OC(CNc4ccon4)[C@@H]1C3)C2. The van der Waals surface area contributed by atoms with Crippen molar-refractivity contribution in [2.45, 2.75) is 31.7 Å². The number of nitrogens with zero attached hydrogens (tertiary/aromatic N) is 5. The minimum absolute atomic E-state index is 0.180. The molecule has 1 unspecified atom stereocenters. The molecule has 154 valence electrons. The van der Waals surface area contributed by atoms with Crippen LogP contribution in [0.4, 0.5) is 26.4 Å². The van der Waals surface area contributed by atoms with E-state index in [0.29, 0.717) is 43.2 Å². The van der Waals surface area contributed by atoms with E-state index >= 15 is 4.39 Å². The number of aryl methyl sites for hydroxylation is 1. The van der Waals surface area contributed by atoms with Crippen LogP contribution >= 0.6 is 0 Å². The summed E-state index contributed by atoms with van der Waals surface area (Å²) in [5, 5.41) is 11.4. The van der Waals surface area contributed by atoms with Gasteiger partial charge in [-0.1, -0.05) is 5.16 Å². The van der Waals surface area contributed by atoms with Crippen molar-refractivity contribution in [2.24, 2.45) is 7.05 Å². The highest BCUT2D eigenvalue weighted by Crippen LogP contribution is 2.42. The summed E-state index contributed by atoms with van der Waals surface area (Å²) in [6, 6.07) is 4.84. The van der Waals surface area contributed by atoms with Crippen molar-refractivity contribution >= 4 is 23.3 Å². The van der Waals surface area contributed by atoms with Gasteiger partial charge in [0.2, 0.25) is 0 Å². The van der Waals surface area contributed by atoms with Gasteiger partial charge in [-0.3, -0.25) is 9.58 Å². The van der Waals surface area contributed by atoms with Gasteiger partial charge in [0.05, 0.1) is 36.2 Å². The standard InChI is InChI=1S/C20H19FN6O3/c1-25-8-12-9-26(10-14(12)23-25)16-4-11-5-17-18(7-22-19-2-3-29-24-19)30-20(28)27(17)15(11)6-13(16)21/h2-4,6,8,17-18H,5,7,9-10H2,1H3,(H,22,24)/t17-,18?/m0/s1. The van der Waals surface area contributed by atoms with Crippen molar-refractivity contribution in [1.82, 2.24) is 14.9 Å². The van der Waals surface area contributed by atoms with Crippen LogP contribution in [0.15, 0.2) is 35.2 Å². The van der Waals surface area contributed by atoms with Crippen LogP contribution in [0.1, 0.15) is 16.8 Å². The zero-order valence-corrected chi connectivity index (χ0v) is 16.2. The molecule has 1 saturated heterocycles. The first-order valence-corrected chi connectivity index (χ1v) is 9.79. The molecular weight excluding hydrogens is 391 g/mol. The number of ether oxygens (including phenoxy) is 1. The summed E-state index contributed by atoms with van der Waals surface area (Å²) in [4.78, 5) is 16.0. The second-order valence-corrected chi connectivity index (χ2v) is 7.89. The van der Waals surface area contributed by atoms with Crippen molar-refractivity contribution in [2.75, 3.05) is 21.7 Å². The average molecular weight is 410 g/mol. The fraction of sp³-hybridized carbons (Fsp3) is 0.350. The Bertz CT molecular complexity index is 1120. The molecule has 0 bridgehead atoms. The number of cyclic esters (lactones) is 1. The quantitative estimate of drug-likeness (QED) is 0.707. The Morgan fingerprint density at radius 3 is 2.97 bits per heavy atom. The maximum absolute atomic E-state index is 15.0. The van der Waals surface area contributed by atoms with Crippen LogP contribution in [0.25, 0.3) is 0 Å². The maximum atomic E-state index is 15.0. The maximum Gasteiger partial charge on any atom is 0.415 e. The molecule has 30 heavy (non-hydrogen) atoms. The summed E-state index contributed by atoms with van der Waals surface area (Å²) in [5.74, 6) is 0.233. The van der Waals surface area contributed by atoms with Gasteiger partial charge < -0.3 is 19.5 Å². The second kappa shape index (κ2) is 6.22. The number of fused-ring (bicyclic) bond motifs is 4. The Hall–Kier alpha value is -3.56. The molecule has 3 aliphatic heterocycles. The van der Waals surface area contributed by atoms with Gasteiger partial charge in [0, 0.05) is 37.5 Å². The number of aromatic nitrogens is 3. The summed E-state index contributed by atoms with van der Waals surface area (Å²) in [5.41, 5.74) is 4.16. The first-order valence-electron chi connectivity index (χ1n) is 9.79. The molecule has 0 aliphatic carbocycles. The molecule has 1 aromatic carbocycles. The minimum Gasteiger partial charge on any atom is -0.442 e. The van der Waals surface area contributed by atoms with Gasteiger partial charge in [-0.25, -0.2) is 9.18 Å². The molecular formula is C20H19FN6O3. The highest BCUT2D eigenvalue weighted by atomic mass is 19.1. The number of nitrogens with one attached hydrogen (secondary N) is 1. The molecule has 0 radical (unpaired) electrons. The molecule has 2 aromatic heterocycles.